The van der Waals surface area contributed by atoms with E-state index < -0.39 is 4.92 Å². The summed E-state index contributed by atoms with van der Waals surface area (Å²) in [5, 5.41) is 20.2. The molecule has 0 radical (unpaired) electrons. The second kappa shape index (κ2) is 5.85. The fraction of sp³-hybridized carbons (Fsp3) is 0.250. The van der Waals surface area contributed by atoms with Crippen molar-refractivity contribution in [3.63, 3.8) is 0 Å². The second-order valence-electron chi connectivity index (χ2n) is 5.38. The maximum atomic E-state index is 10.8. The van der Waals surface area contributed by atoms with Crippen LogP contribution in [-0.2, 0) is 6.42 Å². The highest BCUT2D eigenvalue weighted by atomic mass is 35.5. The van der Waals surface area contributed by atoms with Crippen LogP contribution in [-0.4, -0.2) is 11.0 Å². The normalized spacial score (nSPS) is 20.3. The zero-order valence-corrected chi connectivity index (χ0v) is 12.7. The van der Waals surface area contributed by atoms with Gasteiger partial charge in [0.1, 0.15) is 6.04 Å². The first-order chi connectivity index (χ1) is 10.5. The van der Waals surface area contributed by atoms with E-state index in [9.17, 15) is 10.1 Å². The van der Waals surface area contributed by atoms with Gasteiger partial charge in [-0.3, -0.25) is 10.1 Å². The van der Waals surface area contributed by atoms with E-state index in [0.29, 0.717) is 5.02 Å². The van der Waals surface area contributed by atoms with Crippen molar-refractivity contribution in [2.45, 2.75) is 25.4 Å². The molecule has 0 aliphatic carbocycles. The van der Waals surface area contributed by atoms with Crippen LogP contribution >= 0.6 is 11.6 Å². The molecule has 0 N–H and O–H groups in total. The van der Waals surface area contributed by atoms with Crippen molar-refractivity contribution in [1.29, 1.82) is 0 Å². The zero-order chi connectivity index (χ0) is 15.7. The van der Waals surface area contributed by atoms with Crippen LogP contribution in [0.1, 0.15) is 29.7 Å². The number of hydrogen-bond acceptors (Lipinski definition) is 4. The van der Waals surface area contributed by atoms with Crippen molar-refractivity contribution in [3.8, 4) is 0 Å². The number of nitrogens with zero attached hydrogens (tertiary/aromatic N) is 3. The van der Waals surface area contributed by atoms with Crippen molar-refractivity contribution < 1.29 is 4.92 Å². The number of benzene rings is 2. The molecule has 0 bridgehead atoms. The van der Waals surface area contributed by atoms with Crippen LogP contribution in [0.25, 0.3) is 0 Å². The van der Waals surface area contributed by atoms with Crippen molar-refractivity contribution in [1.82, 2.24) is 0 Å². The lowest BCUT2D eigenvalue weighted by atomic mass is 9.93. The molecule has 2 unspecified atom stereocenters. The standard InChI is InChI=1S/C16H14ClN3O2/c1-10-8-12-2-5-13(17)9-15(12)16(19-18-10)11-3-6-14(7-4-11)20(21)22/h2-7,9-10,16H,8H2,1H3. The molecule has 0 amide bonds. The fourth-order valence-electron chi connectivity index (χ4n) is 2.63. The number of non-ortho nitro benzene ring substituents is 1. The number of azo groups is 1. The minimum atomic E-state index is -0.411. The number of hydrogen-bond donors (Lipinski definition) is 0. The summed E-state index contributed by atoms with van der Waals surface area (Å²) < 4.78 is 0. The van der Waals surface area contributed by atoms with Gasteiger partial charge in [0.15, 0.2) is 0 Å². The van der Waals surface area contributed by atoms with Crippen molar-refractivity contribution in [2.24, 2.45) is 10.2 Å². The van der Waals surface area contributed by atoms with Gasteiger partial charge in [-0.1, -0.05) is 17.7 Å². The first kappa shape index (κ1) is 14.7. The molecule has 3 rings (SSSR count). The SMILES string of the molecule is CC1Cc2ccc(Cl)cc2C(c2ccc([N+](=O)[O-])cc2)N=N1. The summed E-state index contributed by atoms with van der Waals surface area (Å²) in [5.74, 6) is 0. The minimum absolute atomic E-state index is 0.0639. The maximum absolute atomic E-state index is 10.8. The van der Waals surface area contributed by atoms with Crippen LogP contribution in [0.15, 0.2) is 52.7 Å². The van der Waals surface area contributed by atoms with E-state index >= 15 is 0 Å². The van der Waals surface area contributed by atoms with E-state index in [1.165, 1.54) is 12.1 Å². The zero-order valence-electron chi connectivity index (χ0n) is 11.9. The average molecular weight is 316 g/mol. The Morgan fingerprint density at radius 3 is 2.59 bits per heavy atom. The molecule has 0 fully saturated rings. The Hall–Kier alpha value is -2.27. The second-order valence-corrected chi connectivity index (χ2v) is 5.81. The summed E-state index contributed by atoms with van der Waals surface area (Å²) in [6.07, 6.45) is 0.805. The van der Waals surface area contributed by atoms with Gasteiger partial charge in [-0.2, -0.15) is 10.2 Å². The molecule has 22 heavy (non-hydrogen) atoms. The molecular weight excluding hydrogens is 302 g/mol. The van der Waals surface area contributed by atoms with Crippen molar-refractivity contribution in [3.05, 3.63) is 74.3 Å². The minimum Gasteiger partial charge on any atom is -0.258 e. The highest BCUT2D eigenvalue weighted by Gasteiger charge is 2.22. The largest absolute Gasteiger partial charge is 0.269 e. The third-order valence-electron chi connectivity index (χ3n) is 3.72. The fourth-order valence-corrected chi connectivity index (χ4v) is 2.81. The van der Waals surface area contributed by atoms with Gasteiger partial charge in [-0.25, -0.2) is 0 Å². The molecule has 1 aliphatic heterocycles. The third kappa shape index (κ3) is 2.85. The van der Waals surface area contributed by atoms with Gasteiger partial charge in [-0.15, -0.1) is 0 Å². The van der Waals surface area contributed by atoms with E-state index in [1.54, 1.807) is 12.1 Å². The molecule has 1 aliphatic rings. The first-order valence-electron chi connectivity index (χ1n) is 6.97. The van der Waals surface area contributed by atoms with Crippen LogP contribution in [0.3, 0.4) is 0 Å². The average Bonchev–Trinajstić information content (AvgIpc) is 2.66. The predicted octanol–water partition coefficient (Wildman–Crippen LogP) is 4.73. The first-order valence-corrected chi connectivity index (χ1v) is 7.35. The number of fused-ring (bicyclic) bond motifs is 1. The van der Waals surface area contributed by atoms with Crippen LogP contribution < -0.4 is 0 Å². The Morgan fingerprint density at radius 2 is 1.91 bits per heavy atom. The highest BCUT2D eigenvalue weighted by Crippen LogP contribution is 2.34. The van der Waals surface area contributed by atoms with Crippen molar-refractivity contribution in [2.75, 3.05) is 0 Å². The van der Waals surface area contributed by atoms with Crippen LogP contribution in [0.5, 0.6) is 0 Å². The van der Waals surface area contributed by atoms with Crippen LogP contribution in [0.4, 0.5) is 5.69 Å². The topological polar surface area (TPSA) is 67.9 Å². The van der Waals surface area contributed by atoms with Gasteiger partial charge < -0.3 is 0 Å². The summed E-state index contributed by atoms with van der Waals surface area (Å²) >= 11 is 6.12. The Kier molecular flexibility index (Phi) is 3.90. The lowest BCUT2D eigenvalue weighted by molar-refractivity contribution is -0.384. The van der Waals surface area contributed by atoms with E-state index in [-0.39, 0.29) is 17.8 Å². The molecule has 2 aromatic rings. The quantitative estimate of drug-likeness (QED) is 0.593. The van der Waals surface area contributed by atoms with Gasteiger partial charge in [0.2, 0.25) is 0 Å². The van der Waals surface area contributed by atoms with E-state index in [0.717, 1.165) is 23.1 Å². The monoisotopic (exact) mass is 315 g/mol. The molecule has 0 aromatic heterocycles. The maximum Gasteiger partial charge on any atom is 0.269 e. The number of nitro groups is 1. The molecule has 0 saturated carbocycles. The number of nitro benzene ring substituents is 1. The molecule has 1 heterocycles. The predicted molar refractivity (Wildman–Crippen MR) is 84.4 cm³/mol. The van der Waals surface area contributed by atoms with E-state index in [1.807, 2.05) is 25.1 Å². The molecule has 5 nitrogen and oxygen atoms in total. The summed E-state index contributed by atoms with van der Waals surface area (Å²) in [4.78, 5) is 10.4. The van der Waals surface area contributed by atoms with Gasteiger partial charge in [-0.05, 0) is 54.3 Å². The lowest BCUT2D eigenvalue weighted by Gasteiger charge is -2.14. The molecule has 2 atom stereocenters. The van der Waals surface area contributed by atoms with E-state index in [4.69, 9.17) is 11.6 Å². The van der Waals surface area contributed by atoms with E-state index in [2.05, 4.69) is 10.2 Å². The Bertz CT molecular complexity index is 744. The van der Waals surface area contributed by atoms with Gasteiger partial charge in [0.25, 0.3) is 5.69 Å². The number of rotatable bonds is 2. The summed E-state index contributed by atoms with van der Waals surface area (Å²) in [6.45, 7) is 2.01. The molecular formula is C16H14ClN3O2. The van der Waals surface area contributed by atoms with Gasteiger partial charge in [0, 0.05) is 17.2 Å². The summed E-state index contributed by atoms with van der Waals surface area (Å²) in [5.41, 5.74) is 3.10. The third-order valence-corrected chi connectivity index (χ3v) is 3.95. The molecule has 6 heteroatoms. The smallest absolute Gasteiger partial charge is 0.258 e. The molecule has 2 aromatic carbocycles. The Labute approximate surface area is 132 Å². The summed E-state index contributed by atoms with van der Waals surface area (Å²) in [6, 6.07) is 12.0. The van der Waals surface area contributed by atoms with Crippen LogP contribution in [0, 0.1) is 10.1 Å². The molecule has 0 spiro atoms. The van der Waals surface area contributed by atoms with Gasteiger partial charge in [0.05, 0.1) is 11.0 Å². The van der Waals surface area contributed by atoms with Crippen LogP contribution in [0.2, 0.25) is 5.02 Å². The van der Waals surface area contributed by atoms with Gasteiger partial charge >= 0.3 is 0 Å². The Morgan fingerprint density at radius 1 is 1.18 bits per heavy atom. The lowest BCUT2D eigenvalue weighted by Crippen LogP contribution is -2.04. The highest BCUT2D eigenvalue weighted by molar-refractivity contribution is 6.30. The molecule has 112 valence electrons. The summed E-state index contributed by atoms with van der Waals surface area (Å²) in [7, 11) is 0. The Balaban J connectivity index is 2.07. The molecule has 0 saturated heterocycles. The van der Waals surface area contributed by atoms with Crippen molar-refractivity contribution >= 4 is 17.3 Å². The number of halogens is 1.